The van der Waals surface area contributed by atoms with Crippen molar-refractivity contribution in [2.24, 2.45) is 0 Å². The maximum absolute atomic E-state index is 5.75. The van der Waals surface area contributed by atoms with Crippen LogP contribution in [0.5, 0.6) is 17.6 Å². The number of nitrogen functional groups attached to an aromatic ring is 1. The van der Waals surface area contributed by atoms with E-state index in [1.807, 2.05) is 12.1 Å². The minimum absolute atomic E-state index is 0.183. The summed E-state index contributed by atoms with van der Waals surface area (Å²) in [6, 6.07) is 7.31. The van der Waals surface area contributed by atoms with Crippen LogP contribution in [-0.2, 0) is 0 Å². The molecule has 0 amide bonds. The quantitative estimate of drug-likeness (QED) is 0.882. The van der Waals surface area contributed by atoms with Crippen LogP contribution in [0.3, 0.4) is 0 Å². The van der Waals surface area contributed by atoms with Crippen molar-refractivity contribution >= 4 is 21.6 Å². The Morgan fingerprint density at radius 1 is 1.29 bits per heavy atom. The predicted octanol–water partition coefficient (Wildman–Crippen LogP) is 2.62. The SMILES string of the molecule is COc1nc(Oc2ccccc2N)ncc1Br. The molecule has 17 heavy (non-hydrogen) atoms. The third kappa shape index (κ3) is 2.65. The summed E-state index contributed by atoms with van der Waals surface area (Å²) >= 11 is 3.26. The van der Waals surface area contributed by atoms with Gasteiger partial charge in [-0.1, -0.05) is 12.1 Å². The van der Waals surface area contributed by atoms with E-state index in [1.165, 1.54) is 7.11 Å². The van der Waals surface area contributed by atoms with E-state index >= 15 is 0 Å². The standard InChI is InChI=1S/C11H10BrN3O2/c1-16-10-7(12)6-14-11(15-10)17-9-5-3-2-4-8(9)13/h2-6H,13H2,1H3. The van der Waals surface area contributed by atoms with Crippen LogP contribution in [0.1, 0.15) is 0 Å². The summed E-state index contributed by atoms with van der Waals surface area (Å²) in [6.07, 6.45) is 1.56. The Hall–Kier alpha value is -1.82. The molecule has 0 unspecified atom stereocenters. The number of nitrogens with two attached hydrogens (primary N) is 1. The molecule has 0 spiro atoms. The lowest BCUT2D eigenvalue weighted by molar-refractivity contribution is 0.374. The van der Waals surface area contributed by atoms with Crippen molar-refractivity contribution in [1.82, 2.24) is 9.97 Å². The number of benzene rings is 1. The Balaban J connectivity index is 2.28. The van der Waals surface area contributed by atoms with Gasteiger partial charge in [0.25, 0.3) is 0 Å². The second-order valence-corrected chi connectivity index (χ2v) is 4.00. The van der Waals surface area contributed by atoms with E-state index < -0.39 is 0 Å². The second kappa shape index (κ2) is 5.01. The number of aromatic nitrogens is 2. The van der Waals surface area contributed by atoms with Gasteiger partial charge < -0.3 is 15.2 Å². The van der Waals surface area contributed by atoms with Crippen molar-refractivity contribution in [3.63, 3.8) is 0 Å². The lowest BCUT2D eigenvalue weighted by Crippen LogP contribution is -1.97. The third-order valence-corrected chi connectivity index (χ3v) is 2.55. The molecule has 0 atom stereocenters. The van der Waals surface area contributed by atoms with E-state index in [1.54, 1.807) is 18.3 Å². The zero-order valence-electron chi connectivity index (χ0n) is 9.05. The van der Waals surface area contributed by atoms with Crippen LogP contribution in [0.2, 0.25) is 0 Å². The molecule has 5 nitrogen and oxygen atoms in total. The molecule has 0 aliphatic heterocycles. The number of halogens is 1. The van der Waals surface area contributed by atoms with E-state index in [9.17, 15) is 0 Å². The average Bonchev–Trinajstić information content (AvgIpc) is 2.34. The summed E-state index contributed by atoms with van der Waals surface area (Å²) in [5, 5.41) is 0. The molecule has 2 aromatic rings. The van der Waals surface area contributed by atoms with Crippen LogP contribution in [0.15, 0.2) is 34.9 Å². The van der Waals surface area contributed by atoms with E-state index in [-0.39, 0.29) is 6.01 Å². The Morgan fingerprint density at radius 2 is 2.06 bits per heavy atom. The Morgan fingerprint density at radius 3 is 2.76 bits per heavy atom. The number of methoxy groups -OCH3 is 1. The molecule has 2 rings (SSSR count). The van der Waals surface area contributed by atoms with E-state index in [2.05, 4.69) is 25.9 Å². The number of nitrogens with zero attached hydrogens (tertiary/aromatic N) is 2. The zero-order chi connectivity index (χ0) is 12.3. The molecule has 0 fully saturated rings. The fourth-order valence-electron chi connectivity index (χ4n) is 1.20. The van der Waals surface area contributed by atoms with Gasteiger partial charge in [0.2, 0.25) is 5.88 Å². The first-order valence-corrected chi connectivity index (χ1v) is 5.59. The molecule has 1 aromatic heterocycles. The minimum atomic E-state index is 0.183. The summed E-state index contributed by atoms with van der Waals surface area (Å²) in [6.45, 7) is 0. The molecule has 1 aromatic carbocycles. The van der Waals surface area contributed by atoms with Gasteiger partial charge in [0.05, 0.1) is 23.5 Å². The van der Waals surface area contributed by atoms with Gasteiger partial charge in [0, 0.05) is 0 Å². The highest BCUT2D eigenvalue weighted by Gasteiger charge is 2.08. The highest BCUT2D eigenvalue weighted by atomic mass is 79.9. The molecular formula is C11H10BrN3O2. The molecule has 0 bridgehead atoms. The Bertz CT molecular complexity index is 534. The molecule has 0 aliphatic rings. The largest absolute Gasteiger partial charge is 0.480 e. The topological polar surface area (TPSA) is 70.3 Å². The summed E-state index contributed by atoms with van der Waals surface area (Å²) in [5.74, 6) is 0.918. The van der Waals surface area contributed by atoms with Gasteiger partial charge >= 0.3 is 6.01 Å². The van der Waals surface area contributed by atoms with Crippen LogP contribution >= 0.6 is 15.9 Å². The Labute approximate surface area is 107 Å². The van der Waals surface area contributed by atoms with Gasteiger partial charge in [-0.15, -0.1) is 0 Å². The first-order valence-electron chi connectivity index (χ1n) is 4.79. The fraction of sp³-hybridized carbons (Fsp3) is 0.0909. The smallest absolute Gasteiger partial charge is 0.325 e. The zero-order valence-corrected chi connectivity index (χ0v) is 10.6. The van der Waals surface area contributed by atoms with Crippen LogP contribution in [0.25, 0.3) is 0 Å². The molecule has 0 saturated heterocycles. The lowest BCUT2D eigenvalue weighted by Gasteiger charge is -2.07. The second-order valence-electron chi connectivity index (χ2n) is 3.15. The highest BCUT2D eigenvalue weighted by Crippen LogP contribution is 2.28. The molecule has 0 saturated carbocycles. The molecule has 0 radical (unpaired) electrons. The van der Waals surface area contributed by atoms with E-state index in [4.69, 9.17) is 15.2 Å². The molecule has 88 valence electrons. The first kappa shape index (κ1) is 11.7. The Kier molecular flexibility index (Phi) is 3.43. The summed E-state index contributed by atoms with van der Waals surface area (Å²) in [4.78, 5) is 8.08. The van der Waals surface area contributed by atoms with Crippen molar-refractivity contribution in [3.8, 4) is 17.6 Å². The maximum Gasteiger partial charge on any atom is 0.325 e. The molecule has 6 heteroatoms. The van der Waals surface area contributed by atoms with Gasteiger partial charge in [-0.05, 0) is 28.1 Å². The lowest BCUT2D eigenvalue weighted by atomic mass is 10.3. The first-order chi connectivity index (χ1) is 8.20. The number of hydrogen-bond donors (Lipinski definition) is 1. The van der Waals surface area contributed by atoms with Gasteiger partial charge in [0.1, 0.15) is 0 Å². The predicted molar refractivity (Wildman–Crippen MR) is 67.2 cm³/mol. The monoisotopic (exact) mass is 295 g/mol. The molecule has 0 aliphatic carbocycles. The third-order valence-electron chi connectivity index (χ3n) is 2.00. The van der Waals surface area contributed by atoms with E-state index in [0.29, 0.717) is 21.8 Å². The number of ether oxygens (including phenoxy) is 2. The molecular weight excluding hydrogens is 286 g/mol. The van der Waals surface area contributed by atoms with Crippen LogP contribution in [0.4, 0.5) is 5.69 Å². The normalized spacial score (nSPS) is 10.0. The number of para-hydroxylation sites is 2. The average molecular weight is 296 g/mol. The molecule has 1 heterocycles. The van der Waals surface area contributed by atoms with Gasteiger partial charge in [-0.2, -0.15) is 4.98 Å². The van der Waals surface area contributed by atoms with Crippen molar-refractivity contribution < 1.29 is 9.47 Å². The summed E-state index contributed by atoms with van der Waals surface area (Å²) in [7, 11) is 1.52. The summed E-state index contributed by atoms with van der Waals surface area (Å²) < 4.78 is 11.2. The van der Waals surface area contributed by atoms with Crippen molar-refractivity contribution in [1.29, 1.82) is 0 Å². The van der Waals surface area contributed by atoms with Crippen LogP contribution in [-0.4, -0.2) is 17.1 Å². The minimum Gasteiger partial charge on any atom is -0.480 e. The number of rotatable bonds is 3. The fourth-order valence-corrected chi connectivity index (χ4v) is 1.55. The highest BCUT2D eigenvalue weighted by molar-refractivity contribution is 9.10. The van der Waals surface area contributed by atoms with Gasteiger partial charge in [-0.25, -0.2) is 4.98 Å². The maximum atomic E-state index is 5.75. The van der Waals surface area contributed by atoms with Crippen molar-refractivity contribution in [2.45, 2.75) is 0 Å². The van der Waals surface area contributed by atoms with Crippen molar-refractivity contribution in [2.75, 3.05) is 12.8 Å². The van der Waals surface area contributed by atoms with E-state index in [0.717, 1.165) is 0 Å². The van der Waals surface area contributed by atoms with Crippen LogP contribution < -0.4 is 15.2 Å². The number of hydrogen-bond acceptors (Lipinski definition) is 5. The van der Waals surface area contributed by atoms with Gasteiger partial charge in [0.15, 0.2) is 5.75 Å². The van der Waals surface area contributed by atoms with Crippen molar-refractivity contribution in [3.05, 3.63) is 34.9 Å². The van der Waals surface area contributed by atoms with Gasteiger partial charge in [-0.3, -0.25) is 0 Å². The number of anilines is 1. The molecule has 2 N–H and O–H groups in total. The summed E-state index contributed by atoms with van der Waals surface area (Å²) in [5.41, 5.74) is 6.27. The van der Waals surface area contributed by atoms with Crippen LogP contribution in [0, 0.1) is 0 Å².